The Bertz CT molecular complexity index is 1180. The SMILES string of the molecule is CN(C)c1nc(NC2CCC(CNCc3cccnc3NC(=O)C(C)(C)C)CC2)nc2ccccc12. The number of amides is 1. The van der Waals surface area contributed by atoms with Crippen molar-refractivity contribution in [1.82, 2.24) is 20.3 Å². The van der Waals surface area contributed by atoms with Gasteiger partial charge in [0.05, 0.1) is 5.52 Å². The highest BCUT2D eigenvalue weighted by atomic mass is 16.2. The van der Waals surface area contributed by atoms with E-state index in [1.54, 1.807) is 6.20 Å². The van der Waals surface area contributed by atoms with Crippen LogP contribution in [0.4, 0.5) is 17.6 Å². The van der Waals surface area contributed by atoms with E-state index < -0.39 is 5.41 Å². The Morgan fingerprint density at radius 2 is 1.78 bits per heavy atom. The summed E-state index contributed by atoms with van der Waals surface area (Å²) in [6, 6.07) is 12.5. The van der Waals surface area contributed by atoms with Crippen molar-refractivity contribution in [3.63, 3.8) is 0 Å². The molecule has 3 N–H and O–H groups in total. The molecule has 3 aromatic rings. The summed E-state index contributed by atoms with van der Waals surface area (Å²) >= 11 is 0. The highest BCUT2D eigenvalue weighted by molar-refractivity contribution is 5.94. The Kier molecular flexibility index (Phi) is 8.04. The normalized spacial score (nSPS) is 18.1. The van der Waals surface area contributed by atoms with Gasteiger partial charge in [0.1, 0.15) is 11.6 Å². The molecule has 36 heavy (non-hydrogen) atoms. The number of nitrogens with zero attached hydrogens (tertiary/aromatic N) is 4. The number of carbonyl (C=O) groups is 1. The van der Waals surface area contributed by atoms with Gasteiger partial charge in [0, 0.05) is 49.2 Å². The van der Waals surface area contributed by atoms with Crippen LogP contribution in [-0.4, -0.2) is 47.5 Å². The van der Waals surface area contributed by atoms with E-state index in [0.717, 1.165) is 54.5 Å². The highest BCUT2D eigenvalue weighted by Crippen LogP contribution is 2.28. The number of benzene rings is 1. The summed E-state index contributed by atoms with van der Waals surface area (Å²) in [5.41, 5.74) is 1.52. The van der Waals surface area contributed by atoms with Crippen LogP contribution in [0.15, 0.2) is 42.6 Å². The minimum atomic E-state index is -0.458. The smallest absolute Gasteiger partial charge is 0.230 e. The van der Waals surface area contributed by atoms with E-state index in [9.17, 15) is 4.79 Å². The Morgan fingerprint density at radius 3 is 2.50 bits per heavy atom. The molecule has 0 bridgehead atoms. The summed E-state index contributed by atoms with van der Waals surface area (Å²) in [5, 5.41) is 11.2. The minimum absolute atomic E-state index is 0.0265. The van der Waals surface area contributed by atoms with Crippen LogP contribution in [0.5, 0.6) is 0 Å². The van der Waals surface area contributed by atoms with Crippen molar-refractivity contribution in [2.24, 2.45) is 11.3 Å². The maximum atomic E-state index is 12.4. The maximum Gasteiger partial charge on any atom is 0.230 e. The number of rotatable bonds is 8. The molecule has 1 fully saturated rings. The summed E-state index contributed by atoms with van der Waals surface area (Å²) in [6.45, 7) is 7.35. The fraction of sp³-hybridized carbons (Fsp3) is 0.500. The molecule has 0 aliphatic heterocycles. The van der Waals surface area contributed by atoms with Crippen LogP contribution < -0.4 is 20.9 Å². The van der Waals surface area contributed by atoms with E-state index in [1.165, 1.54) is 0 Å². The first kappa shape index (κ1) is 25.8. The number of anilines is 3. The lowest BCUT2D eigenvalue weighted by atomic mass is 9.86. The molecule has 1 amide bonds. The number of hydrogen-bond donors (Lipinski definition) is 3. The van der Waals surface area contributed by atoms with Crippen molar-refractivity contribution >= 4 is 34.4 Å². The zero-order valence-corrected chi connectivity index (χ0v) is 22.1. The summed E-state index contributed by atoms with van der Waals surface area (Å²) in [4.78, 5) is 28.4. The van der Waals surface area contributed by atoms with Crippen molar-refractivity contribution < 1.29 is 4.79 Å². The van der Waals surface area contributed by atoms with Gasteiger partial charge in [-0.25, -0.2) is 9.97 Å². The molecule has 1 aliphatic rings. The monoisotopic (exact) mass is 489 g/mol. The fourth-order valence-electron chi connectivity index (χ4n) is 4.56. The molecular weight excluding hydrogens is 450 g/mol. The molecule has 0 radical (unpaired) electrons. The van der Waals surface area contributed by atoms with Gasteiger partial charge in [-0.2, -0.15) is 4.98 Å². The van der Waals surface area contributed by atoms with Crippen molar-refractivity contribution in [2.45, 2.75) is 59.0 Å². The summed E-state index contributed by atoms with van der Waals surface area (Å²) in [6.07, 6.45) is 6.22. The molecule has 1 aromatic carbocycles. The summed E-state index contributed by atoms with van der Waals surface area (Å²) in [5.74, 6) is 2.89. The molecule has 2 heterocycles. The van der Waals surface area contributed by atoms with E-state index in [1.807, 2.05) is 70.1 Å². The Labute approximate surface area is 214 Å². The molecule has 0 unspecified atom stereocenters. The van der Waals surface area contributed by atoms with E-state index in [2.05, 4.69) is 27.0 Å². The van der Waals surface area contributed by atoms with Crippen LogP contribution in [0, 0.1) is 11.3 Å². The molecule has 0 spiro atoms. The number of aromatic nitrogens is 3. The van der Waals surface area contributed by atoms with Crippen LogP contribution in [0.25, 0.3) is 10.9 Å². The Morgan fingerprint density at radius 1 is 1.03 bits per heavy atom. The maximum absolute atomic E-state index is 12.4. The van der Waals surface area contributed by atoms with Gasteiger partial charge < -0.3 is 20.9 Å². The molecule has 8 heteroatoms. The molecule has 2 aromatic heterocycles. The van der Waals surface area contributed by atoms with E-state index in [-0.39, 0.29) is 5.91 Å². The van der Waals surface area contributed by atoms with Crippen LogP contribution >= 0.6 is 0 Å². The third-order valence-electron chi connectivity index (χ3n) is 6.74. The molecule has 1 saturated carbocycles. The van der Waals surface area contributed by atoms with E-state index >= 15 is 0 Å². The lowest BCUT2D eigenvalue weighted by molar-refractivity contribution is -0.123. The first-order valence-corrected chi connectivity index (χ1v) is 12.9. The highest BCUT2D eigenvalue weighted by Gasteiger charge is 2.24. The molecule has 0 atom stereocenters. The number of pyridine rings is 1. The van der Waals surface area contributed by atoms with Gasteiger partial charge in [-0.3, -0.25) is 4.79 Å². The first-order valence-electron chi connectivity index (χ1n) is 12.9. The van der Waals surface area contributed by atoms with Gasteiger partial charge in [-0.15, -0.1) is 0 Å². The number of nitrogens with one attached hydrogen (secondary N) is 3. The average Bonchev–Trinajstić information content (AvgIpc) is 2.85. The van der Waals surface area contributed by atoms with Gasteiger partial charge in [-0.1, -0.05) is 39.0 Å². The quantitative estimate of drug-likeness (QED) is 0.417. The van der Waals surface area contributed by atoms with Gasteiger partial charge >= 0.3 is 0 Å². The predicted molar refractivity (Wildman–Crippen MR) is 147 cm³/mol. The van der Waals surface area contributed by atoms with Gasteiger partial charge in [0.15, 0.2) is 0 Å². The number of hydrogen-bond acceptors (Lipinski definition) is 7. The molecule has 1 aliphatic carbocycles. The molecule has 192 valence electrons. The number of carbonyl (C=O) groups excluding carboxylic acids is 1. The lowest BCUT2D eigenvalue weighted by Gasteiger charge is -2.29. The van der Waals surface area contributed by atoms with Crippen molar-refractivity contribution in [2.75, 3.05) is 36.2 Å². The van der Waals surface area contributed by atoms with Crippen LogP contribution in [0.3, 0.4) is 0 Å². The average molecular weight is 490 g/mol. The zero-order valence-electron chi connectivity index (χ0n) is 22.1. The largest absolute Gasteiger partial charge is 0.362 e. The van der Waals surface area contributed by atoms with Crippen molar-refractivity contribution in [1.29, 1.82) is 0 Å². The molecule has 8 nitrogen and oxygen atoms in total. The van der Waals surface area contributed by atoms with Crippen LogP contribution in [0.2, 0.25) is 0 Å². The van der Waals surface area contributed by atoms with Gasteiger partial charge in [0.2, 0.25) is 11.9 Å². The Balaban J connectivity index is 1.27. The lowest BCUT2D eigenvalue weighted by Crippen LogP contribution is -2.32. The third-order valence-corrected chi connectivity index (χ3v) is 6.74. The van der Waals surface area contributed by atoms with Crippen LogP contribution in [0.1, 0.15) is 52.0 Å². The van der Waals surface area contributed by atoms with E-state index in [0.29, 0.717) is 30.3 Å². The molecule has 4 rings (SSSR count). The second-order valence-corrected chi connectivity index (χ2v) is 11.0. The van der Waals surface area contributed by atoms with Gasteiger partial charge in [-0.05, 0) is 56.3 Å². The second kappa shape index (κ2) is 11.2. The second-order valence-electron chi connectivity index (χ2n) is 11.0. The zero-order chi connectivity index (χ0) is 25.7. The Hall–Kier alpha value is -3.26. The van der Waals surface area contributed by atoms with Crippen molar-refractivity contribution in [3.05, 3.63) is 48.2 Å². The van der Waals surface area contributed by atoms with E-state index in [4.69, 9.17) is 9.97 Å². The van der Waals surface area contributed by atoms with Gasteiger partial charge in [0.25, 0.3) is 0 Å². The predicted octanol–water partition coefficient (Wildman–Crippen LogP) is 4.84. The standard InChI is InChI=1S/C28H39N7O/c1-28(2,3)26(36)33-24-20(9-8-16-30-24)18-29-17-19-12-14-21(15-13-19)31-27-32-23-11-7-6-10-22(23)25(34-27)35(4)5/h6-11,16,19,21,29H,12-15,17-18H2,1-5H3,(H,30,33,36)(H,31,32,34). The molecular formula is C28H39N7O. The number of fused-ring (bicyclic) bond motifs is 1. The summed E-state index contributed by atoms with van der Waals surface area (Å²) in [7, 11) is 4.04. The van der Waals surface area contributed by atoms with Crippen LogP contribution in [-0.2, 0) is 11.3 Å². The summed E-state index contributed by atoms with van der Waals surface area (Å²) < 4.78 is 0. The fourth-order valence-corrected chi connectivity index (χ4v) is 4.56. The number of para-hydroxylation sites is 1. The third kappa shape index (κ3) is 6.49. The first-order chi connectivity index (χ1) is 17.2. The topological polar surface area (TPSA) is 95.1 Å². The minimum Gasteiger partial charge on any atom is -0.362 e. The molecule has 0 saturated heterocycles. The van der Waals surface area contributed by atoms with Crippen molar-refractivity contribution in [3.8, 4) is 0 Å².